The Hall–Kier alpha value is -2.90. The van der Waals surface area contributed by atoms with Gasteiger partial charge in [-0.1, -0.05) is 11.6 Å². The third-order valence-corrected chi connectivity index (χ3v) is 5.70. The van der Waals surface area contributed by atoms with Crippen molar-refractivity contribution in [1.82, 2.24) is 9.78 Å². The van der Waals surface area contributed by atoms with Gasteiger partial charge >= 0.3 is 0 Å². The average Bonchev–Trinajstić information content (AvgIpc) is 2.80. The van der Waals surface area contributed by atoms with Crippen molar-refractivity contribution in [3.05, 3.63) is 75.9 Å². The van der Waals surface area contributed by atoms with E-state index in [4.69, 9.17) is 21.1 Å². The monoisotopic (exact) mass is 443 g/mol. The number of nitrogens with one attached hydrogen (secondary N) is 1. The second-order valence-corrected chi connectivity index (χ2v) is 7.93. The summed E-state index contributed by atoms with van der Waals surface area (Å²) < 4.78 is 25.5. The molecule has 3 aromatic rings. The molecule has 0 amide bonds. The van der Waals surface area contributed by atoms with Gasteiger partial charge < -0.3 is 14.8 Å². The molecule has 0 aliphatic carbocycles. The topological polar surface area (TPSA) is 65.4 Å². The number of nitrogens with zero attached hydrogens (tertiary/aromatic N) is 2. The van der Waals surface area contributed by atoms with E-state index in [1.165, 1.54) is 16.8 Å². The van der Waals surface area contributed by atoms with Crippen LogP contribution in [-0.2, 0) is 4.74 Å². The fourth-order valence-corrected chi connectivity index (χ4v) is 3.72. The Morgan fingerprint density at radius 3 is 2.52 bits per heavy atom. The summed E-state index contributed by atoms with van der Waals surface area (Å²) in [6, 6.07) is 12.7. The van der Waals surface area contributed by atoms with Gasteiger partial charge in [-0.25, -0.2) is 4.39 Å². The van der Waals surface area contributed by atoms with Gasteiger partial charge in [-0.3, -0.25) is 4.79 Å². The molecule has 1 N–H and O–H groups in total. The maximum atomic E-state index is 13.0. The van der Waals surface area contributed by atoms with Gasteiger partial charge in [0, 0.05) is 18.6 Å². The Kier molecular flexibility index (Phi) is 6.53. The van der Waals surface area contributed by atoms with Crippen molar-refractivity contribution < 1.29 is 13.9 Å². The lowest BCUT2D eigenvalue weighted by Gasteiger charge is -2.29. The molecule has 0 bridgehead atoms. The minimum atomic E-state index is -0.411. The number of hydrogen-bond donors (Lipinski definition) is 1. The van der Waals surface area contributed by atoms with E-state index in [1.54, 1.807) is 42.6 Å². The number of hydrogen-bond acceptors (Lipinski definition) is 5. The van der Waals surface area contributed by atoms with E-state index in [9.17, 15) is 9.18 Å². The van der Waals surface area contributed by atoms with E-state index in [-0.39, 0.29) is 16.9 Å². The number of ether oxygens (including phenoxy) is 2. The van der Waals surface area contributed by atoms with E-state index in [0.717, 1.165) is 19.4 Å². The molecule has 1 saturated heterocycles. The van der Waals surface area contributed by atoms with E-state index >= 15 is 0 Å². The van der Waals surface area contributed by atoms with Crippen LogP contribution in [0.25, 0.3) is 5.69 Å². The molecule has 8 heteroatoms. The van der Waals surface area contributed by atoms with Crippen LogP contribution in [0.1, 0.15) is 19.8 Å². The zero-order chi connectivity index (χ0) is 21.8. The standard InChI is InChI=1S/C23H23ClFN3O3/c1-15(16-3-2-12-30-14-16)27-21-13-26-28(23(29)22(21)24)18-6-10-20(11-7-18)31-19-8-4-17(25)5-9-19/h4-11,13,15-16,27H,2-3,12,14H2,1H3/t15-,16+/m1/s1. The third-order valence-electron chi connectivity index (χ3n) is 5.34. The average molecular weight is 444 g/mol. The lowest BCUT2D eigenvalue weighted by atomic mass is 9.95. The summed E-state index contributed by atoms with van der Waals surface area (Å²) in [5.74, 6) is 1.10. The van der Waals surface area contributed by atoms with Crippen LogP contribution < -0.4 is 15.6 Å². The van der Waals surface area contributed by atoms with E-state index in [2.05, 4.69) is 17.3 Å². The first kappa shape index (κ1) is 21.3. The number of rotatable bonds is 6. The first-order chi connectivity index (χ1) is 15.0. The number of anilines is 1. The summed E-state index contributed by atoms with van der Waals surface area (Å²) in [5.41, 5.74) is 0.654. The fourth-order valence-electron chi connectivity index (χ4n) is 3.53. The highest BCUT2D eigenvalue weighted by molar-refractivity contribution is 6.33. The van der Waals surface area contributed by atoms with Gasteiger partial charge in [0.25, 0.3) is 5.56 Å². The first-order valence-electron chi connectivity index (χ1n) is 10.2. The highest BCUT2D eigenvalue weighted by Gasteiger charge is 2.22. The highest BCUT2D eigenvalue weighted by Crippen LogP contribution is 2.25. The van der Waals surface area contributed by atoms with Gasteiger partial charge in [-0.05, 0) is 68.3 Å². The fraction of sp³-hybridized carbons (Fsp3) is 0.304. The molecule has 1 aliphatic rings. The van der Waals surface area contributed by atoms with Crippen molar-refractivity contribution in [1.29, 1.82) is 0 Å². The van der Waals surface area contributed by atoms with Crippen LogP contribution in [0.4, 0.5) is 10.1 Å². The number of aromatic nitrogens is 2. The highest BCUT2D eigenvalue weighted by atomic mass is 35.5. The third kappa shape index (κ3) is 5.06. The molecule has 31 heavy (non-hydrogen) atoms. The molecule has 1 aliphatic heterocycles. The summed E-state index contributed by atoms with van der Waals surface area (Å²) in [5, 5.41) is 7.67. The van der Waals surface area contributed by atoms with E-state index < -0.39 is 5.56 Å². The first-order valence-corrected chi connectivity index (χ1v) is 10.5. The largest absolute Gasteiger partial charge is 0.457 e. The maximum absolute atomic E-state index is 13.0. The Morgan fingerprint density at radius 1 is 1.19 bits per heavy atom. The molecular weight excluding hydrogens is 421 g/mol. The van der Waals surface area contributed by atoms with Crippen LogP contribution >= 0.6 is 11.6 Å². The van der Waals surface area contributed by atoms with E-state index in [0.29, 0.717) is 35.4 Å². The molecular formula is C23H23ClFN3O3. The van der Waals surface area contributed by atoms with Crippen molar-refractivity contribution in [3.8, 4) is 17.2 Å². The molecule has 2 aromatic carbocycles. The zero-order valence-electron chi connectivity index (χ0n) is 17.1. The molecule has 0 unspecified atom stereocenters. The maximum Gasteiger partial charge on any atom is 0.292 e. The zero-order valence-corrected chi connectivity index (χ0v) is 17.8. The second-order valence-electron chi connectivity index (χ2n) is 7.55. The summed E-state index contributed by atoms with van der Waals surface area (Å²) in [6.07, 6.45) is 3.67. The van der Waals surface area contributed by atoms with Gasteiger partial charge in [-0.2, -0.15) is 9.78 Å². The number of halogens is 2. The van der Waals surface area contributed by atoms with E-state index in [1.807, 2.05) is 0 Å². The van der Waals surface area contributed by atoms with Crippen molar-refractivity contribution >= 4 is 17.3 Å². The molecule has 6 nitrogen and oxygen atoms in total. The smallest absolute Gasteiger partial charge is 0.292 e. The summed E-state index contributed by atoms with van der Waals surface area (Å²) >= 11 is 6.36. The van der Waals surface area contributed by atoms with Gasteiger partial charge in [0.1, 0.15) is 22.3 Å². The van der Waals surface area contributed by atoms with Crippen molar-refractivity contribution in [3.63, 3.8) is 0 Å². The molecule has 0 saturated carbocycles. The molecule has 0 spiro atoms. The minimum Gasteiger partial charge on any atom is -0.457 e. The predicted molar refractivity (Wildman–Crippen MR) is 118 cm³/mol. The molecule has 162 valence electrons. The molecule has 0 radical (unpaired) electrons. The van der Waals surface area contributed by atoms with Crippen LogP contribution in [0.3, 0.4) is 0 Å². The number of benzene rings is 2. The summed E-state index contributed by atoms with van der Waals surface area (Å²) in [7, 11) is 0. The summed E-state index contributed by atoms with van der Waals surface area (Å²) in [6.45, 7) is 3.55. The van der Waals surface area contributed by atoms with Crippen molar-refractivity contribution in [2.45, 2.75) is 25.8 Å². The quantitative estimate of drug-likeness (QED) is 0.578. The Balaban J connectivity index is 1.48. The van der Waals surface area contributed by atoms with Crippen LogP contribution in [0.15, 0.2) is 59.5 Å². The Bertz CT molecular complexity index is 1080. The van der Waals surface area contributed by atoms with Crippen molar-refractivity contribution in [2.24, 2.45) is 5.92 Å². The lowest BCUT2D eigenvalue weighted by Crippen LogP contribution is -2.33. The molecule has 4 rings (SSSR count). The second kappa shape index (κ2) is 9.49. The minimum absolute atomic E-state index is 0.0882. The van der Waals surface area contributed by atoms with Crippen LogP contribution in [0.2, 0.25) is 5.02 Å². The molecule has 2 heterocycles. The SMILES string of the molecule is C[C@@H](Nc1cnn(-c2ccc(Oc3ccc(F)cc3)cc2)c(=O)c1Cl)[C@H]1CCCOC1. The van der Waals surface area contributed by atoms with Gasteiger partial charge in [0.05, 0.1) is 24.2 Å². The van der Waals surface area contributed by atoms with Crippen LogP contribution in [0.5, 0.6) is 11.5 Å². The van der Waals surface area contributed by atoms with Gasteiger partial charge in [-0.15, -0.1) is 0 Å². The Labute approximate surface area is 184 Å². The van der Waals surface area contributed by atoms with Crippen LogP contribution in [-0.4, -0.2) is 29.0 Å². The lowest BCUT2D eigenvalue weighted by molar-refractivity contribution is 0.0496. The van der Waals surface area contributed by atoms with Gasteiger partial charge in [0.2, 0.25) is 0 Å². The van der Waals surface area contributed by atoms with Crippen LogP contribution in [0, 0.1) is 11.7 Å². The van der Waals surface area contributed by atoms with Crippen molar-refractivity contribution in [2.75, 3.05) is 18.5 Å². The molecule has 1 fully saturated rings. The normalized spacial score (nSPS) is 17.2. The molecule has 2 atom stereocenters. The molecule has 1 aromatic heterocycles. The summed E-state index contributed by atoms with van der Waals surface area (Å²) in [4.78, 5) is 12.8. The Morgan fingerprint density at radius 2 is 1.87 bits per heavy atom. The predicted octanol–water partition coefficient (Wildman–Crippen LogP) is 5.04. The van der Waals surface area contributed by atoms with Gasteiger partial charge in [0.15, 0.2) is 0 Å².